The van der Waals surface area contributed by atoms with Crippen LogP contribution in [0.15, 0.2) is 22.4 Å². The second kappa shape index (κ2) is 8.27. The largest absolute Gasteiger partial charge is 0.353 e. The fraction of sp³-hybridized carbons (Fsp3) is 0.471. The van der Waals surface area contributed by atoms with Gasteiger partial charge in [0.2, 0.25) is 5.91 Å². The Hall–Kier alpha value is -1.18. The van der Waals surface area contributed by atoms with Gasteiger partial charge in [-0.3, -0.25) is 14.5 Å². The average molecular weight is 381 g/mol. The standard InChI is InChI=1S/C17H20N2O2S3/c20-15(18-12-5-1-2-6-12)8-3-9-19-16(21)14(24-17(19)22)11-13-7-4-10-23-13/h4,7,10-12H,1-3,5-6,8-9H2,(H,18,20)/b14-11-. The summed E-state index contributed by atoms with van der Waals surface area (Å²) in [6.45, 7) is 0.504. The monoisotopic (exact) mass is 380 g/mol. The Morgan fingerprint density at radius 1 is 1.42 bits per heavy atom. The van der Waals surface area contributed by atoms with E-state index < -0.39 is 0 Å². The number of amides is 2. The van der Waals surface area contributed by atoms with Crippen molar-refractivity contribution in [2.24, 2.45) is 0 Å². The lowest BCUT2D eigenvalue weighted by Crippen LogP contribution is -2.34. The molecule has 1 aromatic heterocycles. The van der Waals surface area contributed by atoms with Crippen LogP contribution in [0.1, 0.15) is 43.4 Å². The molecular formula is C17H20N2O2S3. The zero-order chi connectivity index (χ0) is 16.9. The van der Waals surface area contributed by atoms with Crippen LogP contribution < -0.4 is 5.32 Å². The summed E-state index contributed by atoms with van der Waals surface area (Å²) in [5.41, 5.74) is 0. The normalized spacial score (nSPS) is 20.3. The molecule has 1 saturated carbocycles. The van der Waals surface area contributed by atoms with E-state index in [0.29, 0.717) is 34.7 Å². The van der Waals surface area contributed by atoms with Crippen molar-refractivity contribution < 1.29 is 9.59 Å². The van der Waals surface area contributed by atoms with Crippen molar-refractivity contribution in [1.29, 1.82) is 0 Å². The smallest absolute Gasteiger partial charge is 0.266 e. The minimum atomic E-state index is -0.0467. The lowest BCUT2D eigenvalue weighted by Gasteiger charge is -2.15. The molecule has 2 fully saturated rings. The first-order valence-corrected chi connectivity index (χ1v) is 10.3. The third-order valence-corrected chi connectivity index (χ3v) is 6.39. The Morgan fingerprint density at radius 3 is 2.92 bits per heavy atom. The number of hydrogen-bond acceptors (Lipinski definition) is 5. The predicted molar refractivity (Wildman–Crippen MR) is 104 cm³/mol. The van der Waals surface area contributed by atoms with Gasteiger partial charge in [-0.25, -0.2) is 0 Å². The maximum atomic E-state index is 12.4. The lowest BCUT2D eigenvalue weighted by molar-refractivity contribution is -0.124. The second-order valence-electron chi connectivity index (χ2n) is 6.00. The molecule has 3 rings (SSSR count). The van der Waals surface area contributed by atoms with Gasteiger partial charge in [0, 0.05) is 23.9 Å². The van der Waals surface area contributed by atoms with Crippen LogP contribution in [-0.2, 0) is 9.59 Å². The number of nitrogens with zero attached hydrogens (tertiary/aromatic N) is 1. The summed E-state index contributed by atoms with van der Waals surface area (Å²) in [6, 6.07) is 4.29. The first-order chi connectivity index (χ1) is 11.6. The van der Waals surface area contributed by atoms with E-state index in [0.717, 1.165) is 17.7 Å². The van der Waals surface area contributed by atoms with Crippen LogP contribution in [0.4, 0.5) is 0 Å². The van der Waals surface area contributed by atoms with Crippen molar-refractivity contribution in [3.63, 3.8) is 0 Å². The Labute approximate surface area is 155 Å². The third kappa shape index (κ3) is 4.46. The number of carbonyl (C=O) groups excluding carboxylic acids is 2. The summed E-state index contributed by atoms with van der Waals surface area (Å²) in [4.78, 5) is 27.7. The Balaban J connectivity index is 1.47. The van der Waals surface area contributed by atoms with Gasteiger partial charge < -0.3 is 5.32 Å². The highest BCUT2D eigenvalue weighted by Gasteiger charge is 2.31. The van der Waals surface area contributed by atoms with Crippen molar-refractivity contribution in [2.75, 3.05) is 6.54 Å². The zero-order valence-corrected chi connectivity index (χ0v) is 15.8. The molecule has 1 aliphatic heterocycles. The van der Waals surface area contributed by atoms with E-state index in [-0.39, 0.29) is 11.8 Å². The number of nitrogens with one attached hydrogen (secondary N) is 1. The van der Waals surface area contributed by atoms with Crippen LogP contribution >= 0.6 is 35.3 Å². The molecule has 2 aliphatic rings. The molecular weight excluding hydrogens is 360 g/mol. The molecule has 0 unspecified atom stereocenters. The molecule has 0 spiro atoms. The van der Waals surface area contributed by atoms with Gasteiger partial charge in [-0.1, -0.05) is 42.9 Å². The van der Waals surface area contributed by atoms with Crippen LogP contribution in [0.3, 0.4) is 0 Å². The van der Waals surface area contributed by atoms with E-state index >= 15 is 0 Å². The molecule has 4 nitrogen and oxygen atoms in total. The van der Waals surface area contributed by atoms with Gasteiger partial charge in [0.15, 0.2) is 0 Å². The third-order valence-electron chi connectivity index (χ3n) is 4.20. The number of hydrogen-bond donors (Lipinski definition) is 1. The number of rotatable bonds is 6. The molecule has 1 aromatic rings. The van der Waals surface area contributed by atoms with Crippen molar-refractivity contribution in [2.45, 2.75) is 44.6 Å². The van der Waals surface area contributed by atoms with Gasteiger partial charge in [-0.05, 0) is 36.8 Å². The van der Waals surface area contributed by atoms with Gasteiger partial charge in [0.05, 0.1) is 4.91 Å². The van der Waals surface area contributed by atoms with Crippen molar-refractivity contribution in [3.05, 3.63) is 27.3 Å². The van der Waals surface area contributed by atoms with Crippen LogP contribution in [-0.4, -0.2) is 33.6 Å². The highest BCUT2D eigenvalue weighted by Crippen LogP contribution is 2.33. The summed E-state index contributed by atoms with van der Waals surface area (Å²) in [5.74, 6) is 0.0380. The maximum Gasteiger partial charge on any atom is 0.266 e. The molecule has 128 valence electrons. The zero-order valence-electron chi connectivity index (χ0n) is 13.3. The first kappa shape index (κ1) is 17.6. The molecule has 1 saturated heterocycles. The Kier molecular flexibility index (Phi) is 6.08. The molecule has 2 heterocycles. The number of thiophene rings is 1. The molecule has 0 atom stereocenters. The van der Waals surface area contributed by atoms with E-state index in [1.807, 2.05) is 23.6 Å². The average Bonchev–Trinajstić information content (AvgIpc) is 3.27. The molecule has 1 N–H and O–H groups in total. The molecule has 1 aliphatic carbocycles. The van der Waals surface area contributed by atoms with Crippen LogP contribution in [0.5, 0.6) is 0 Å². The summed E-state index contributed by atoms with van der Waals surface area (Å²) in [7, 11) is 0. The number of thiocarbonyl (C=S) groups is 1. The maximum absolute atomic E-state index is 12.4. The number of thioether (sulfide) groups is 1. The summed E-state index contributed by atoms with van der Waals surface area (Å²) in [6.07, 6.45) is 7.56. The van der Waals surface area contributed by atoms with Gasteiger partial charge >= 0.3 is 0 Å². The van der Waals surface area contributed by atoms with E-state index in [9.17, 15) is 9.59 Å². The van der Waals surface area contributed by atoms with Gasteiger partial charge in [-0.2, -0.15) is 0 Å². The molecule has 0 radical (unpaired) electrons. The minimum absolute atomic E-state index is 0.0467. The number of carbonyl (C=O) groups is 2. The Morgan fingerprint density at radius 2 is 2.21 bits per heavy atom. The highest BCUT2D eigenvalue weighted by atomic mass is 32.2. The van der Waals surface area contributed by atoms with Crippen molar-refractivity contribution in [1.82, 2.24) is 10.2 Å². The highest BCUT2D eigenvalue weighted by molar-refractivity contribution is 8.26. The van der Waals surface area contributed by atoms with E-state index in [4.69, 9.17) is 12.2 Å². The van der Waals surface area contributed by atoms with Crippen LogP contribution in [0.2, 0.25) is 0 Å². The summed E-state index contributed by atoms with van der Waals surface area (Å²) in [5, 5.41) is 5.06. The van der Waals surface area contributed by atoms with Crippen molar-refractivity contribution in [3.8, 4) is 0 Å². The minimum Gasteiger partial charge on any atom is -0.353 e. The van der Waals surface area contributed by atoms with E-state index in [1.165, 1.54) is 24.6 Å². The molecule has 0 bridgehead atoms. The fourth-order valence-electron chi connectivity index (χ4n) is 2.96. The van der Waals surface area contributed by atoms with Gasteiger partial charge in [-0.15, -0.1) is 11.3 Å². The molecule has 2 amide bonds. The van der Waals surface area contributed by atoms with Crippen LogP contribution in [0, 0.1) is 0 Å². The van der Waals surface area contributed by atoms with Gasteiger partial charge in [0.1, 0.15) is 4.32 Å². The van der Waals surface area contributed by atoms with E-state index in [2.05, 4.69) is 5.32 Å². The first-order valence-electron chi connectivity index (χ1n) is 8.22. The van der Waals surface area contributed by atoms with Crippen LogP contribution in [0.25, 0.3) is 6.08 Å². The summed E-state index contributed by atoms with van der Waals surface area (Å²) < 4.78 is 0.582. The Bertz CT molecular complexity index is 649. The topological polar surface area (TPSA) is 49.4 Å². The predicted octanol–water partition coefficient (Wildman–Crippen LogP) is 3.79. The lowest BCUT2D eigenvalue weighted by atomic mass is 10.2. The molecule has 0 aromatic carbocycles. The molecule has 24 heavy (non-hydrogen) atoms. The summed E-state index contributed by atoms with van der Waals surface area (Å²) >= 11 is 8.25. The quantitative estimate of drug-likeness (QED) is 0.603. The second-order valence-corrected chi connectivity index (χ2v) is 8.66. The van der Waals surface area contributed by atoms with Gasteiger partial charge in [0.25, 0.3) is 5.91 Å². The SMILES string of the molecule is O=C(CCCN1C(=O)/C(=C/c2cccs2)SC1=S)NC1CCCC1. The fourth-order valence-corrected chi connectivity index (χ4v) is 4.99. The van der Waals surface area contributed by atoms with Crippen molar-refractivity contribution >= 4 is 57.5 Å². The van der Waals surface area contributed by atoms with E-state index in [1.54, 1.807) is 16.2 Å². The molecule has 7 heteroatoms.